The topological polar surface area (TPSA) is 66.9 Å². The first-order chi connectivity index (χ1) is 9.61. The summed E-state index contributed by atoms with van der Waals surface area (Å²) in [5, 5.41) is 5.93. The Bertz CT molecular complexity index is 630. The van der Waals surface area contributed by atoms with Crippen LogP contribution in [0.3, 0.4) is 0 Å². The molecule has 2 heterocycles. The second-order valence-electron chi connectivity index (χ2n) is 4.22. The number of amides is 1. The molecule has 104 valence electrons. The second kappa shape index (κ2) is 6.47. The van der Waals surface area contributed by atoms with Gasteiger partial charge in [-0.15, -0.1) is 0 Å². The van der Waals surface area contributed by atoms with Crippen molar-refractivity contribution in [2.75, 3.05) is 17.2 Å². The Hall–Kier alpha value is -1.95. The Morgan fingerprint density at radius 1 is 1.40 bits per heavy atom. The molecule has 20 heavy (non-hydrogen) atoms. The molecule has 0 atom stereocenters. The molecular formula is C14H15BrN4O. The monoisotopic (exact) mass is 334 g/mol. The van der Waals surface area contributed by atoms with Crippen molar-refractivity contribution in [3.8, 4) is 0 Å². The summed E-state index contributed by atoms with van der Waals surface area (Å²) < 4.78 is 0.757. The van der Waals surface area contributed by atoms with Crippen LogP contribution in [0.1, 0.15) is 22.8 Å². The SMILES string of the molecule is CCNc1ncc(Br)cc1C(=O)Nc1cnccc1C. The molecule has 0 aromatic carbocycles. The largest absolute Gasteiger partial charge is 0.370 e. The zero-order chi connectivity index (χ0) is 14.5. The van der Waals surface area contributed by atoms with Crippen molar-refractivity contribution < 1.29 is 4.79 Å². The van der Waals surface area contributed by atoms with Gasteiger partial charge in [0.15, 0.2) is 0 Å². The molecule has 0 radical (unpaired) electrons. The smallest absolute Gasteiger partial charge is 0.259 e. The van der Waals surface area contributed by atoms with Crippen molar-refractivity contribution in [1.82, 2.24) is 9.97 Å². The summed E-state index contributed by atoms with van der Waals surface area (Å²) in [5.74, 6) is 0.348. The predicted molar refractivity (Wildman–Crippen MR) is 83.0 cm³/mol. The van der Waals surface area contributed by atoms with Gasteiger partial charge < -0.3 is 10.6 Å². The Morgan fingerprint density at radius 2 is 2.20 bits per heavy atom. The van der Waals surface area contributed by atoms with Crippen molar-refractivity contribution in [1.29, 1.82) is 0 Å². The van der Waals surface area contributed by atoms with Crippen LogP contribution in [0.25, 0.3) is 0 Å². The number of pyridine rings is 2. The van der Waals surface area contributed by atoms with Crippen LogP contribution in [0, 0.1) is 6.92 Å². The number of hydrogen-bond acceptors (Lipinski definition) is 4. The van der Waals surface area contributed by atoms with Crippen molar-refractivity contribution in [3.63, 3.8) is 0 Å². The maximum Gasteiger partial charge on any atom is 0.259 e. The zero-order valence-electron chi connectivity index (χ0n) is 11.3. The number of nitrogens with one attached hydrogen (secondary N) is 2. The molecule has 0 aliphatic heterocycles. The van der Waals surface area contributed by atoms with Gasteiger partial charge in [0.05, 0.1) is 17.4 Å². The number of hydrogen-bond donors (Lipinski definition) is 2. The molecule has 1 amide bonds. The van der Waals surface area contributed by atoms with Gasteiger partial charge in [-0.3, -0.25) is 9.78 Å². The number of halogens is 1. The summed E-state index contributed by atoms with van der Waals surface area (Å²) in [6.45, 7) is 4.57. The molecule has 0 spiro atoms. The normalized spacial score (nSPS) is 10.2. The van der Waals surface area contributed by atoms with Crippen LogP contribution in [0.4, 0.5) is 11.5 Å². The maximum atomic E-state index is 12.4. The van der Waals surface area contributed by atoms with E-state index in [1.807, 2.05) is 19.9 Å². The van der Waals surface area contributed by atoms with Crippen molar-refractivity contribution in [2.45, 2.75) is 13.8 Å². The number of anilines is 2. The van der Waals surface area contributed by atoms with E-state index < -0.39 is 0 Å². The number of aryl methyl sites for hydroxylation is 1. The molecule has 0 unspecified atom stereocenters. The lowest BCUT2D eigenvalue weighted by Gasteiger charge is -2.11. The molecular weight excluding hydrogens is 320 g/mol. The highest BCUT2D eigenvalue weighted by atomic mass is 79.9. The Kier molecular flexibility index (Phi) is 4.68. The first kappa shape index (κ1) is 14.5. The van der Waals surface area contributed by atoms with Crippen LogP contribution < -0.4 is 10.6 Å². The first-order valence-electron chi connectivity index (χ1n) is 6.23. The summed E-state index contributed by atoms with van der Waals surface area (Å²) in [5.41, 5.74) is 2.14. The van der Waals surface area contributed by atoms with E-state index in [0.29, 0.717) is 23.6 Å². The van der Waals surface area contributed by atoms with Gasteiger partial charge in [-0.05, 0) is 47.5 Å². The predicted octanol–water partition coefficient (Wildman–Crippen LogP) is 3.23. The molecule has 0 saturated carbocycles. The number of carbonyl (C=O) groups is 1. The highest BCUT2D eigenvalue weighted by Crippen LogP contribution is 2.20. The number of rotatable bonds is 4. The molecule has 2 aromatic rings. The number of nitrogens with zero attached hydrogens (tertiary/aromatic N) is 2. The minimum atomic E-state index is -0.217. The Morgan fingerprint density at radius 3 is 2.90 bits per heavy atom. The summed E-state index contributed by atoms with van der Waals surface area (Å²) >= 11 is 3.33. The molecule has 0 fully saturated rings. The quantitative estimate of drug-likeness (QED) is 0.900. The molecule has 0 aliphatic rings. The van der Waals surface area contributed by atoms with Crippen LogP contribution in [0.15, 0.2) is 35.2 Å². The first-order valence-corrected chi connectivity index (χ1v) is 7.02. The van der Waals surface area contributed by atoms with Crippen LogP contribution >= 0.6 is 15.9 Å². The van der Waals surface area contributed by atoms with E-state index in [4.69, 9.17) is 0 Å². The molecule has 6 heteroatoms. The maximum absolute atomic E-state index is 12.4. The highest BCUT2D eigenvalue weighted by Gasteiger charge is 2.14. The van der Waals surface area contributed by atoms with Gasteiger partial charge in [0.2, 0.25) is 0 Å². The fraction of sp³-hybridized carbons (Fsp3) is 0.214. The molecule has 0 saturated heterocycles. The summed E-state index contributed by atoms with van der Waals surface area (Å²) in [6.07, 6.45) is 4.98. The fourth-order valence-corrected chi connectivity index (χ4v) is 2.04. The number of aromatic nitrogens is 2. The average molecular weight is 335 g/mol. The second-order valence-corrected chi connectivity index (χ2v) is 5.14. The zero-order valence-corrected chi connectivity index (χ0v) is 12.9. The standard InChI is InChI=1S/C14H15BrN4O/c1-3-17-13-11(6-10(15)7-18-13)14(20)19-12-8-16-5-4-9(12)2/h4-8H,3H2,1-2H3,(H,17,18)(H,19,20). The third kappa shape index (κ3) is 3.33. The number of carbonyl (C=O) groups excluding carboxylic acids is 1. The van der Waals surface area contributed by atoms with Gasteiger partial charge in [-0.2, -0.15) is 0 Å². The molecule has 2 aromatic heterocycles. The van der Waals surface area contributed by atoms with Crippen LogP contribution in [0.2, 0.25) is 0 Å². The summed E-state index contributed by atoms with van der Waals surface area (Å²) in [4.78, 5) is 20.6. The van der Waals surface area contributed by atoms with Gasteiger partial charge in [-0.25, -0.2) is 4.98 Å². The van der Waals surface area contributed by atoms with E-state index in [9.17, 15) is 4.79 Å². The lowest BCUT2D eigenvalue weighted by Crippen LogP contribution is -2.16. The molecule has 5 nitrogen and oxygen atoms in total. The van der Waals surface area contributed by atoms with E-state index in [1.165, 1.54) is 0 Å². The third-order valence-corrected chi connectivity index (χ3v) is 3.16. The molecule has 0 aliphatic carbocycles. The van der Waals surface area contributed by atoms with Crippen LogP contribution in [-0.2, 0) is 0 Å². The van der Waals surface area contributed by atoms with Crippen molar-refractivity contribution in [3.05, 3.63) is 46.3 Å². The lowest BCUT2D eigenvalue weighted by atomic mass is 10.2. The minimum Gasteiger partial charge on any atom is -0.370 e. The summed E-state index contributed by atoms with van der Waals surface area (Å²) in [7, 11) is 0. The fourth-order valence-electron chi connectivity index (χ4n) is 1.71. The van der Waals surface area contributed by atoms with Gasteiger partial charge in [-0.1, -0.05) is 0 Å². The Balaban J connectivity index is 2.29. The van der Waals surface area contributed by atoms with E-state index in [-0.39, 0.29) is 5.91 Å². The van der Waals surface area contributed by atoms with Gasteiger partial charge in [0.1, 0.15) is 5.82 Å². The summed E-state index contributed by atoms with van der Waals surface area (Å²) in [6, 6.07) is 3.59. The van der Waals surface area contributed by atoms with E-state index >= 15 is 0 Å². The molecule has 2 rings (SSSR count). The molecule has 0 bridgehead atoms. The van der Waals surface area contributed by atoms with Crippen molar-refractivity contribution in [2.24, 2.45) is 0 Å². The third-order valence-electron chi connectivity index (χ3n) is 2.73. The van der Waals surface area contributed by atoms with Crippen molar-refractivity contribution >= 4 is 33.3 Å². The Labute approximate surface area is 126 Å². The minimum absolute atomic E-state index is 0.217. The highest BCUT2D eigenvalue weighted by molar-refractivity contribution is 9.10. The van der Waals surface area contributed by atoms with E-state index in [2.05, 4.69) is 36.5 Å². The van der Waals surface area contributed by atoms with Gasteiger partial charge in [0.25, 0.3) is 5.91 Å². The van der Waals surface area contributed by atoms with Crippen LogP contribution in [0.5, 0.6) is 0 Å². The molecule has 2 N–H and O–H groups in total. The van der Waals surface area contributed by atoms with Crippen LogP contribution in [-0.4, -0.2) is 22.4 Å². The lowest BCUT2D eigenvalue weighted by molar-refractivity contribution is 0.102. The van der Waals surface area contributed by atoms with Gasteiger partial charge in [0, 0.05) is 23.4 Å². The van der Waals surface area contributed by atoms with Gasteiger partial charge >= 0.3 is 0 Å². The van der Waals surface area contributed by atoms with E-state index in [0.717, 1.165) is 10.0 Å². The van der Waals surface area contributed by atoms with E-state index in [1.54, 1.807) is 24.7 Å². The average Bonchev–Trinajstić information content (AvgIpc) is 2.43.